The minimum atomic E-state index is -1.13. The van der Waals surface area contributed by atoms with Crippen LogP contribution in [0.3, 0.4) is 0 Å². The van der Waals surface area contributed by atoms with E-state index in [9.17, 15) is 9.59 Å². The van der Waals surface area contributed by atoms with Gasteiger partial charge in [-0.3, -0.25) is 0 Å². The molecule has 0 heterocycles. The molecular formula is C12H8Na2O4. The van der Waals surface area contributed by atoms with E-state index >= 15 is 0 Å². The molecule has 2 radical (unpaired) electrons. The first-order valence-corrected chi connectivity index (χ1v) is 4.59. The molecule has 4 nitrogen and oxygen atoms in total. The van der Waals surface area contributed by atoms with Crippen LogP contribution in [0.25, 0.3) is 10.8 Å². The van der Waals surface area contributed by atoms with E-state index in [1.165, 1.54) is 12.1 Å². The maximum atomic E-state index is 11.0. The second-order valence-electron chi connectivity index (χ2n) is 3.32. The first-order chi connectivity index (χ1) is 7.61. The monoisotopic (exact) mass is 262 g/mol. The molecule has 0 unspecified atom stereocenters. The summed E-state index contributed by atoms with van der Waals surface area (Å²) in [5, 5.41) is 18.9. The van der Waals surface area contributed by atoms with Crippen LogP contribution in [-0.4, -0.2) is 81.3 Å². The van der Waals surface area contributed by atoms with E-state index in [1.807, 2.05) is 0 Å². The molecule has 0 aliphatic rings. The minimum absolute atomic E-state index is 0. The Morgan fingerprint density at radius 1 is 0.778 bits per heavy atom. The van der Waals surface area contributed by atoms with Gasteiger partial charge in [-0.15, -0.1) is 0 Å². The predicted molar refractivity (Wildman–Crippen MR) is 69.4 cm³/mol. The molecule has 0 spiro atoms. The molecule has 0 bridgehead atoms. The van der Waals surface area contributed by atoms with Gasteiger partial charge in [-0.1, -0.05) is 24.3 Å². The van der Waals surface area contributed by atoms with Gasteiger partial charge in [0.2, 0.25) is 0 Å². The van der Waals surface area contributed by atoms with Gasteiger partial charge in [-0.2, -0.15) is 0 Å². The molecule has 0 fully saturated rings. The van der Waals surface area contributed by atoms with Crippen LogP contribution in [0.1, 0.15) is 20.7 Å². The Kier molecular flexibility index (Phi) is 7.14. The Morgan fingerprint density at radius 2 is 1.17 bits per heavy atom. The third kappa shape index (κ3) is 3.35. The molecule has 18 heavy (non-hydrogen) atoms. The van der Waals surface area contributed by atoms with Crippen LogP contribution in [0.15, 0.2) is 36.4 Å². The van der Waals surface area contributed by atoms with Crippen molar-refractivity contribution in [2.24, 2.45) is 0 Å². The number of benzene rings is 2. The molecule has 2 rings (SSSR count). The van der Waals surface area contributed by atoms with Gasteiger partial charge in [-0.05, 0) is 17.5 Å². The molecule has 0 saturated heterocycles. The van der Waals surface area contributed by atoms with Gasteiger partial charge < -0.3 is 10.2 Å². The Morgan fingerprint density at radius 3 is 1.50 bits per heavy atom. The summed E-state index contributed by atoms with van der Waals surface area (Å²) in [7, 11) is 0. The number of hydrogen-bond donors (Lipinski definition) is 2. The van der Waals surface area contributed by atoms with Gasteiger partial charge in [0.1, 0.15) is 0 Å². The van der Waals surface area contributed by atoms with Gasteiger partial charge in [0, 0.05) is 64.5 Å². The molecule has 0 aromatic heterocycles. The van der Waals surface area contributed by atoms with Gasteiger partial charge in [0.25, 0.3) is 0 Å². The van der Waals surface area contributed by atoms with E-state index in [-0.39, 0.29) is 75.6 Å². The summed E-state index contributed by atoms with van der Waals surface area (Å²) < 4.78 is 0. The summed E-state index contributed by atoms with van der Waals surface area (Å²) >= 11 is 0. The molecular weight excluding hydrogens is 254 g/mol. The number of carboxylic acid groups (broad SMARTS) is 2. The Hall–Kier alpha value is -0.360. The molecule has 0 atom stereocenters. The summed E-state index contributed by atoms with van der Waals surface area (Å²) in [5.41, 5.74) is 0.0194. The fourth-order valence-electron chi connectivity index (χ4n) is 1.70. The van der Waals surface area contributed by atoms with E-state index in [0.29, 0.717) is 5.39 Å². The van der Waals surface area contributed by atoms with Crippen molar-refractivity contribution in [2.45, 2.75) is 0 Å². The van der Waals surface area contributed by atoms with Crippen molar-refractivity contribution in [3.63, 3.8) is 0 Å². The Bertz CT molecular complexity index is 547. The smallest absolute Gasteiger partial charge is 0.336 e. The molecule has 2 aromatic carbocycles. The van der Waals surface area contributed by atoms with E-state index in [1.54, 1.807) is 24.3 Å². The van der Waals surface area contributed by atoms with Crippen molar-refractivity contribution < 1.29 is 19.8 Å². The normalized spacial score (nSPS) is 9.11. The van der Waals surface area contributed by atoms with Crippen molar-refractivity contribution in [3.05, 3.63) is 47.5 Å². The number of carbonyl (C=O) groups is 2. The van der Waals surface area contributed by atoms with E-state index < -0.39 is 11.9 Å². The maximum absolute atomic E-state index is 11.0. The molecule has 2 N–H and O–H groups in total. The van der Waals surface area contributed by atoms with E-state index in [0.717, 1.165) is 0 Å². The SMILES string of the molecule is O=C(O)c1cccc2cccc(C(=O)O)c12.[Na].[Na]. The summed E-state index contributed by atoms with van der Waals surface area (Å²) in [4.78, 5) is 22.0. The van der Waals surface area contributed by atoms with Gasteiger partial charge in [-0.25, -0.2) is 9.59 Å². The minimum Gasteiger partial charge on any atom is -0.478 e. The summed E-state index contributed by atoms with van der Waals surface area (Å²) in [6, 6.07) is 9.37. The third-order valence-electron chi connectivity index (χ3n) is 2.37. The molecule has 2 aromatic rings. The Labute approximate surface area is 148 Å². The van der Waals surface area contributed by atoms with E-state index in [2.05, 4.69) is 0 Å². The van der Waals surface area contributed by atoms with Crippen LogP contribution in [0.2, 0.25) is 0 Å². The van der Waals surface area contributed by atoms with Crippen molar-refractivity contribution >= 4 is 81.8 Å². The van der Waals surface area contributed by atoms with Crippen molar-refractivity contribution in [1.29, 1.82) is 0 Å². The second kappa shape index (κ2) is 7.28. The number of hydrogen-bond acceptors (Lipinski definition) is 2. The predicted octanol–water partition coefficient (Wildman–Crippen LogP) is 1.47. The fourth-order valence-corrected chi connectivity index (χ4v) is 1.70. The zero-order valence-corrected chi connectivity index (χ0v) is 14.2. The van der Waals surface area contributed by atoms with Crippen LogP contribution in [-0.2, 0) is 0 Å². The van der Waals surface area contributed by atoms with Crippen molar-refractivity contribution in [2.75, 3.05) is 0 Å². The van der Waals surface area contributed by atoms with Gasteiger partial charge in [0.05, 0.1) is 11.1 Å². The molecule has 0 amide bonds. The fraction of sp³-hybridized carbons (Fsp3) is 0. The number of aromatic carboxylic acids is 2. The number of carboxylic acids is 2. The summed E-state index contributed by atoms with van der Waals surface area (Å²) in [6.45, 7) is 0. The average Bonchev–Trinajstić information content (AvgIpc) is 2.27. The molecule has 0 saturated carbocycles. The first kappa shape index (κ1) is 17.6. The van der Waals surface area contributed by atoms with Crippen LogP contribution < -0.4 is 0 Å². The zero-order valence-electron chi connectivity index (χ0n) is 10.2. The zero-order chi connectivity index (χ0) is 11.7. The molecule has 82 valence electrons. The topological polar surface area (TPSA) is 74.6 Å². The van der Waals surface area contributed by atoms with E-state index in [4.69, 9.17) is 10.2 Å². The molecule has 0 aliphatic heterocycles. The van der Waals surface area contributed by atoms with Gasteiger partial charge in [0.15, 0.2) is 0 Å². The van der Waals surface area contributed by atoms with Crippen LogP contribution >= 0.6 is 0 Å². The second-order valence-corrected chi connectivity index (χ2v) is 3.32. The van der Waals surface area contributed by atoms with Crippen LogP contribution in [0, 0.1) is 0 Å². The summed E-state index contributed by atoms with van der Waals surface area (Å²) in [5.74, 6) is -2.25. The first-order valence-electron chi connectivity index (χ1n) is 4.59. The van der Waals surface area contributed by atoms with Gasteiger partial charge >= 0.3 is 11.9 Å². The standard InChI is InChI=1S/C12H8O4.2Na/c13-11(14)8-5-1-3-7-4-2-6-9(10(7)8)12(15)16;;/h1-6H,(H,13,14)(H,15,16);;. The molecule has 6 heteroatoms. The van der Waals surface area contributed by atoms with Crippen LogP contribution in [0.5, 0.6) is 0 Å². The maximum Gasteiger partial charge on any atom is 0.336 e. The molecule has 0 aliphatic carbocycles. The Balaban J connectivity index is 0.00000144. The average molecular weight is 262 g/mol. The quantitative estimate of drug-likeness (QED) is 0.804. The largest absolute Gasteiger partial charge is 0.478 e. The van der Waals surface area contributed by atoms with Crippen molar-refractivity contribution in [1.82, 2.24) is 0 Å². The number of rotatable bonds is 2. The van der Waals surface area contributed by atoms with Crippen molar-refractivity contribution in [3.8, 4) is 0 Å². The number of fused-ring (bicyclic) bond motifs is 1. The third-order valence-corrected chi connectivity index (χ3v) is 2.37. The summed E-state index contributed by atoms with van der Waals surface area (Å²) in [6.07, 6.45) is 0. The van der Waals surface area contributed by atoms with Crippen LogP contribution in [0.4, 0.5) is 0 Å².